The van der Waals surface area contributed by atoms with Gasteiger partial charge >= 0.3 is 0 Å². The highest BCUT2D eigenvalue weighted by atomic mass is 32.2. The van der Waals surface area contributed by atoms with Crippen LogP contribution in [0.15, 0.2) is 65.4 Å². The Morgan fingerprint density at radius 3 is 2.66 bits per heavy atom. The van der Waals surface area contributed by atoms with Gasteiger partial charge in [0.2, 0.25) is 0 Å². The fourth-order valence-corrected chi connectivity index (χ4v) is 3.77. The molecule has 4 rings (SSSR count). The van der Waals surface area contributed by atoms with Crippen molar-refractivity contribution in [1.29, 1.82) is 0 Å². The van der Waals surface area contributed by atoms with Crippen molar-refractivity contribution >= 4 is 21.9 Å². The monoisotopic (exact) mass is 409 g/mol. The zero-order valence-electron chi connectivity index (χ0n) is 16.1. The highest BCUT2D eigenvalue weighted by molar-refractivity contribution is 7.89. The number of aryl methyl sites for hydroxylation is 2. The standard InChI is InChI=1S/C19H19N7O2S/c1-14-23-19(13-24(14)2)29(27,28)25(3)22-11-17-10-21-18-7-6-16(12-26(17)18)15-5-4-8-20-9-15/h4-13H,1-3H3. The van der Waals surface area contributed by atoms with Crippen molar-refractivity contribution in [3.8, 4) is 11.1 Å². The molecule has 0 amide bonds. The molecule has 0 bridgehead atoms. The van der Waals surface area contributed by atoms with Gasteiger partial charge in [-0.25, -0.2) is 9.97 Å². The van der Waals surface area contributed by atoms with Gasteiger partial charge in [-0.3, -0.25) is 9.38 Å². The van der Waals surface area contributed by atoms with Crippen molar-refractivity contribution in [3.63, 3.8) is 0 Å². The topological polar surface area (TPSA) is 97.8 Å². The van der Waals surface area contributed by atoms with E-state index in [1.165, 1.54) is 19.5 Å². The number of sulfonamides is 1. The van der Waals surface area contributed by atoms with Crippen LogP contribution in [0.1, 0.15) is 11.5 Å². The molecule has 0 aliphatic rings. The van der Waals surface area contributed by atoms with Crippen molar-refractivity contribution in [1.82, 2.24) is 28.3 Å². The van der Waals surface area contributed by atoms with Crippen LogP contribution in [0.4, 0.5) is 0 Å². The average molecular weight is 409 g/mol. The summed E-state index contributed by atoms with van der Waals surface area (Å²) in [7, 11) is -0.719. The van der Waals surface area contributed by atoms with Gasteiger partial charge in [0, 0.05) is 50.0 Å². The summed E-state index contributed by atoms with van der Waals surface area (Å²) in [6, 6.07) is 7.68. The molecule has 0 N–H and O–H groups in total. The smallest absolute Gasteiger partial charge is 0.297 e. The van der Waals surface area contributed by atoms with Crippen molar-refractivity contribution in [2.24, 2.45) is 12.1 Å². The first kappa shape index (κ1) is 18.8. The number of hydrogen-bond acceptors (Lipinski definition) is 6. The van der Waals surface area contributed by atoms with Gasteiger partial charge in [-0.05, 0) is 25.1 Å². The van der Waals surface area contributed by atoms with Gasteiger partial charge in [-0.15, -0.1) is 0 Å². The molecule has 4 aromatic heterocycles. The van der Waals surface area contributed by atoms with E-state index in [4.69, 9.17) is 0 Å². The number of nitrogens with zero attached hydrogens (tertiary/aromatic N) is 7. The molecular formula is C19H19N7O2S. The molecule has 0 aromatic carbocycles. The summed E-state index contributed by atoms with van der Waals surface area (Å²) in [5, 5.41) is 4.06. The molecule has 10 heteroatoms. The molecule has 4 aromatic rings. The molecule has 0 atom stereocenters. The van der Waals surface area contributed by atoms with Gasteiger partial charge < -0.3 is 4.57 Å². The van der Waals surface area contributed by atoms with Gasteiger partial charge in [-0.2, -0.15) is 17.9 Å². The van der Waals surface area contributed by atoms with Crippen LogP contribution in [0.2, 0.25) is 0 Å². The minimum Gasteiger partial charge on any atom is -0.337 e. The molecule has 0 unspecified atom stereocenters. The number of fused-ring (bicyclic) bond motifs is 1. The van der Waals surface area contributed by atoms with Crippen molar-refractivity contribution in [2.75, 3.05) is 7.05 Å². The molecule has 0 spiro atoms. The lowest BCUT2D eigenvalue weighted by molar-refractivity contribution is 0.488. The Labute approximate surface area is 168 Å². The zero-order chi connectivity index (χ0) is 20.6. The molecular weight excluding hydrogens is 390 g/mol. The van der Waals surface area contributed by atoms with Gasteiger partial charge in [0.15, 0.2) is 5.03 Å². The maximum atomic E-state index is 12.7. The Kier molecular flexibility index (Phi) is 4.63. The Balaban J connectivity index is 1.65. The van der Waals surface area contributed by atoms with Gasteiger partial charge in [0.25, 0.3) is 10.0 Å². The maximum Gasteiger partial charge on any atom is 0.297 e. The number of hydrazone groups is 1. The molecule has 0 radical (unpaired) electrons. The predicted molar refractivity (Wildman–Crippen MR) is 109 cm³/mol. The lowest BCUT2D eigenvalue weighted by Gasteiger charge is -2.11. The van der Waals surface area contributed by atoms with E-state index in [1.807, 2.05) is 34.9 Å². The molecule has 0 saturated heterocycles. The number of rotatable bonds is 5. The van der Waals surface area contributed by atoms with Crippen molar-refractivity contribution in [3.05, 3.63) is 66.8 Å². The normalized spacial score (nSPS) is 12.1. The Bertz CT molecular complexity index is 1290. The van der Waals surface area contributed by atoms with Crippen LogP contribution >= 0.6 is 0 Å². The Hall–Kier alpha value is -3.53. The molecule has 148 valence electrons. The fraction of sp³-hybridized carbons (Fsp3) is 0.158. The van der Waals surface area contributed by atoms with E-state index in [0.717, 1.165) is 21.2 Å². The lowest BCUT2D eigenvalue weighted by Crippen LogP contribution is -2.22. The average Bonchev–Trinajstić information content (AvgIpc) is 3.29. The summed E-state index contributed by atoms with van der Waals surface area (Å²) >= 11 is 0. The molecule has 4 heterocycles. The second-order valence-corrected chi connectivity index (χ2v) is 8.39. The summed E-state index contributed by atoms with van der Waals surface area (Å²) < 4.78 is 29.7. The summed E-state index contributed by atoms with van der Waals surface area (Å²) in [6.07, 6.45) is 9.97. The van der Waals surface area contributed by atoms with Crippen LogP contribution in [0.5, 0.6) is 0 Å². The summed E-state index contributed by atoms with van der Waals surface area (Å²) in [6.45, 7) is 1.74. The van der Waals surface area contributed by atoms with Gasteiger partial charge in [-0.1, -0.05) is 6.07 Å². The molecule has 0 aliphatic carbocycles. The van der Waals surface area contributed by atoms with E-state index >= 15 is 0 Å². The molecule has 0 saturated carbocycles. The number of aromatic nitrogens is 5. The third-order valence-electron chi connectivity index (χ3n) is 4.58. The second-order valence-electron chi connectivity index (χ2n) is 6.49. The van der Waals surface area contributed by atoms with E-state index < -0.39 is 10.0 Å². The summed E-state index contributed by atoms with van der Waals surface area (Å²) in [4.78, 5) is 12.6. The van der Waals surface area contributed by atoms with Crippen LogP contribution in [0.25, 0.3) is 16.8 Å². The quantitative estimate of drug-likeness (QED) is 0.371. The third kappa shape index (κ3) is 3.49. The van der Waals surface area contributed by atoms with Gasteiger partial charge in [0.1, 0.15) is 11.5 Å². The van der Waals surface area contributed by atoms with E-state index in [2.05, 4.69) is 20.1 Å². The molecule has 0 fully saturated rings. The number of hydrogen-bond donors (Lipinski definition) is 0. The SMILES string of the molecule is Cc1nc(S(=O)(=O)N(C)N=Cc2cnc3ccc(-c4cccnc4)cn23)cn1C. The molecule has 0 aliphatic heterocycles. The van der Waals surface area contributed by atoms with Gasteiger partial charge in [0.05, 0.1) is 18.1 Å². The van der Waals surface area contributed by atoms with Crippen LogP contribution < -0.4 is 0 Å². The highest BCUT2D eigenvalue weighted by Crippen LogP contribution is 2.19. The first-order chi connectivity index (χ1) is 13.9. The maximum absolute atomic E-state index is 12.7. The van der Waals surface area contributed by atoms with Crippen molar-refractivity contribution in [2.45, 2.75) is 11.9 Å². The van der Waals surface area contributed by atoms with E-state index in [9.17, 15) is 8.42 Å². The lowest BCUT2D eigenvalue weighted by atomic mass is 10.1. The minimum atomic E-state index is -3.83. The molecule has 29 heavy (non-hydrogen) atoms. The van der Waals surface area contributed by atoms with E-state index in [-0.39, 0.29) is 5.03 Å². The molecule has 9 nitrogen and oxygen atoms in total. The first-order valence-electron chi connectivity index (χ1n) is 8.76. The van der Waals surface area contributed by atoms with Crippen LogP contribution in [0.3, 0.4) is 0 Å². The van der Waals surface area contributed by atoms with Crippen molar-refractivity contribution < 1.29 is 8.42 Å². The zero-order valence-corrected chi connectivity index (χ0v) is 16.9. The fourth-order valence-electron chi connectivity index (χ4n) is 2.79. The van der Waals surface area contributed by atoms with Crippen LogP contribution in [0, 0.1) is 6.92 Å². The van der Waals surface area contributed by atoms with Crippen LogP contribution in [-0.4, -0.2) is 50.0 Å². The van der Waals surface area contributed by atoms with Crippen LogP contribution in [-0.2, 0) is 17.1 Å². The largest absolute Gasteiger partial charge is 0.337 e. The summed E-state index contributed by atoms with van der Waals surface area (Å²) in [5.41, 5.74) is 3.30. The number of imidazole rings is 2. The number of pyridine rings is 2. The Morgan fingerprint density at radius 1 is 1.14 bits per heavy atom. The van der Waals surface area contributed by atoms with E-state index in [1.54, 1.807) is 37.1 Å². The first-order valence-corrected chi connectivity index (χ1v) is 10.2. The third-order valence-corrected chi connectivity index (χ3v) is 6.10. The Morgan fingerprint density at radius 2 is 1.97 bits per heavy atom. The summed E-state index contributed by atoms with van der Waals surface area (Å²) in [5.74, 6) is 0.602. The minimum absolute atomic E-state index is 0.0471. The predicted octanol–water partition coefficient (Wildman–Crippen LogP) is 2.09. The van der Waals surface area contributed by atoms with E-state index in [0.29, 0.717) is 11.5 Å². The highest BCUT2D eigenvalue weighted by Gasteiger charge is 2.23. The second kappa shape index (κ2) is 7.13.